The molecule has 2 aromatic rings. The molecule has 0 bridgehead atoms. The highest BCUT2D eigenvalue weighted by molar-refractivity contribution is 7.80. The molecule has 1 saturated carbocycles. The zero-order valence-electron chi connectivity index (χ0n) is 12.1. The van der Waals surface area contributed by atoms with Gasteiger partial charge in [-0.15, -0.1) is 0 Å². The number of hydrogen-bond acceptors (Lipinski definition) is 3. The first-order chi connectivity index (χ1) is 10.7. The second-order valence-electron chi connectivity index (χ2n) is 5.71. The Balaban J connectivity index is 2.14. The molecule has 0 aromatic carbocycles. The molecule has 4 nitrogen and oxygen atoms in total. The van der Waals surface area contributed by atoms with Crippen LogP contribution in [0.3, 0.4) is 0 Å². The number of thiocarbonyl (C=S) groups is 1. The maximum Gasteiger partial charge on any atom is 0.434 e. The average Bonchev–Trinajstić information content (AvgIpc) is 2.90. The van der Waals surface area contributed by atoms with Gasteiger partial charge < -0.3 is 10.1 Å². The molecule has 0 amide bonds. The summed E-state index contributed by atoms with van der Waals surface area (Å²) in [7, 11) is 0. The molecule has 2 N–H and O–H groups in total. The Kier molecular flexibility index (Phi) is 3.66. The number of hydrogen-bond donors (Lipinski definition) is 1. The number of rotatable bonds is 2. The Bertz CT molecular complexity index is 799. The van der Waals surface area contributed by atoms with Gasteiger partial charge in [0.1, 0.15) is 16.8 Å². The number of fused-ring (bicyclic) bond motifs is 1. The first-order valence-corrected chi connectivity index (χ1v) is 7.55. The van der Waals surface area contributed by atoms with E-state index in [0.29, 0.717) is 18.4 Å². The molecule has 122 valence electrons. The van der Waals surface area contributed by atoms with Crippen LogP contribution in [0.2, 0.25) is 0 Å². The van der Waals surface area contributed by atoms with Crippen LogP contribution in [0, 0.1) is 0 Å². The molecule has 8 heteroatoms. The van der Waals surface area contributed by atoms with Crippen molar-refractivity contribution < 1.29 is 18.0 Å². The number of carbonyl (C=O) groups is 1. The Labute approximate surface area is 135 Å². The van der Waals surface area contributed by atoms with Crippen molar-refractivity contribution in [2.24, 2.45) is 5.73 Å². The van der Waals surface area contributed by atoms with Crippen molar-refractivity contribution in [3.63, 3.8) is 0 Å². The number of carbonyl (C=O) groups excluding carboxylic acids is 1. The van der Waals surface area contributed by atoms with Gasteiger partial charge in [0.15, 0.2) is 5.69 Å². The average molecular weight is 341 g/mol. The van der Waals surface area contributed by atoms with E-state index in [-0.39, 0.29) is 16.4 Å². The van der Waals surface area contributed by atoms with Gasteiger partial charge in [-0.1, -0.05) is 24.7 Å². The number of Topliss-reactive ketones (excluding diaryl/α,β-unsaturated/α-hetero) is 1. The minimum absolute atomic E-state index is 0.0673. The van der Waals surface area contributed by atoms with E-state index in [2.05, 4.69) is 4.98 Å². The minimum Gasteiger partial charge on any atom is -0.392 e. The van der Waals surface area contributed by atoms with Crippen molar-refractivity contribution >= 4 is 28.6 Å². The quantitative estimate of drug-likeness (QED) is 0.853. The summed E-state index contributed by atoms with van der Waals surface area (Å²) in [6.45, 7) is 0. The molecule has 0 saturated heterocycles. The van der Waals surface area contributed by atoms with Crippen LogP contribution in [0.15, 0.2) is 24.5 Å². The summed E-state index contributed by atoms with van der Waals surface area (Å²) in [4.78, 5) is 16.1. The van der Waals surface area contributed by atoms with Gasteiger partial charge in [0, 0.05) is 18.8 Å². The number of nitrogens with zero attached hydrogens (tertiary/aromatic N) is 2. The summed E-state index contributed by atoms with van der Waals surface area (Å²) in [6.07, 6.45) is 0.265. The SMILES string of the molecule is NC(=S)C1(c2ccc3nc(C(F)(F)F)cn3c2)CCCCC1=O. The second-order valence-corrected chi connectivity index (χ2v) is 6.15. The van der Waals surface area contributed by atoms with E-state index >= 15 is 0 Å². The molecule has 3 rings (SSSR count). The summed E-state index contributed by atoms with van der Waals surface area (Å²) in [5.74, 6) is -0.0771. The number of alkyl halides is 3. The molecule has 1 aliphatic carbocycles. The summed E-state index contributed by atoms with van der Waals surface area (Å²) >= 11 is 5.13. The van der Waals surface area contributed by atoms with Crippen molar-refractivity contribution in [2.75, 3.05) is 0 Å². The zero-order chi connectivity index (χ0) is 16.8. The van der Waals surface area contributed by atoms with Gasteiger partial charge in [0.2, 0.25) is 0 Å². The van der Waals surface area contributed by atoms with Crippen LogP contribution >= 0.6 is 12.2 Å². The first-order valence-electron chi connectivity index (χ1n) is 7.15. The molecule has 1 fully saturated rings. The summed E-state index contributed by atoms with van der Waals surface area (Å²) < 4.78 is 39.6. The molecule has 2 aromatic heterocycles. The highest BCUT2D eigenvalue weighted by Gasteiger charge is 2.44. The van der Waals surface area contributed by atoms with Crippen molar-refractivity contribution in [3.05, 3.63) is 35.8 Å². The van der Waals surface area contributed by atoms with E-state index in [1.54, 1.807) is 6.07 Å². The Morgan fingerprint density at radius 1 is 1.30 bits per heavy atom. The maximum atomic E-state index is 12.8. The van der Waals surface area contributed by atoms with Crippen LogP contribution in [0.25, 0.3) is 5.65 Å². The van der Waals surface area contributed by atoms with E-state index in [0.717, 1.165) is 19.0 Å². The maximum absolute atomic E-state index is 12.8. The number of imidazole rings is 1. The van der Waals surface area contributed by atoms with Crippen LogP contribution in [0.4, 0.5) is 13.2 Å². The Hall–Kier alpha value is -1.96. The van der Waals surface area contributed by atoms with Gasteiger partial charge in [-0.2, -0.15) is 13.2 Å². The highest BCUT2D eigenvalue weighted by atomic mass is 32.1. The number of nitrogens with two attached hydrogens (primary N) is 1. The number of aromatic nitrogens is 2. The van der Waals surface area contributed by atoms with Crippen molar-refractivity contribution in [3.8, 4) is 0 Å². The summed E-state index contributed by atoms with van der Waals surface area (Å²) in [6, 6.07) is 3.04. The van der Waals surface area contributed by atoms with Crippen LogP contribution < -0.4 is 5.73 Å². The van der Waals surface area contributed by atoms with Crippen molar-refractivity contribution in [1.29, 1.82) is 0 Å². The van der Waals surface area contributed by atoms with E-state index in [1.807, 2.05) is 0 Å². The first kappa shape index (κ1) is 15.9. The molecular weight excluding hydrogens is 327 g/mol. The van der Waals surface area contributed by atoms with E-state index in [9.17, 15) is 18.0 Å². The lowest BCUT2D eigenvalue weighted by Gasteiger charge is -2.35. The molecule has 1 aliphatic rings. The number of pyridine rings is 1. The topological polar surface area (TPSA) is 60.4 Å². The third kappa shape index (κ3) is 2.50. The van der Waals surface area contributed by atoms with Gasteiger partial charge in [-0.25, -0.2) is 4.98 Å². The lowest BCUT2D eigenvalue weighted by molar-refractivity contribution is -0.140. The summed E-state index contributed by atoms with van der Waals surface area (Å²) in [5, 5.41) is 0. The van der Waals surface area contributed by atoms with E-state index in [1.165, 1.54) is 16.7 Å². The highest BCUT2D eigenvalue weighted by Crippen LogP contribution is 2.38. The molecule has 0 radical (unpaired) electrons. The smallest absolute Gasteiger partial charge is 0.392 e. The van der Waals surface area contributed by atoms with Crippen molar-refractivity contribution in [1.82, 2.24) is 9.38 Å². The predicted molar refractivity (Wildman–Crippen MR) is 82.1 cm³/mol. The zero-order valence-corrected chi connectivity index (χ0v) is 12.9. The minimum atomic E-state index is -4.52. The molecule has 1 unspecified atom stereocenters. The fourth-order valence-corrected chi connectivity index (χ4v) is 3.45. The molecule has 2 heterocycles. The van der Waals surface area contributed by atoms with Crippen LogP contribution in [-0.4, -0.2) is 20.2 Å². The summed E-state index contributed by atoms with van der Waals surface area (Å²) in [5.41, 5.74) is 4.45. The van der Waals surface area contributed by atoms with Gasteiger partial charge in [0.05, 0.1) is 4.99 Å². The second kappa shape index (κ2) is 5.30. The van der Waals surface area contributed by atoms with Gasteiger partial charge in [0.25, 0.3) is 0 Å². The standard InChI is InChI=1S/C15H14F3N3OS/c16-15(17,18)10-8-21-7-9(4-5-12(21)20-10)14(13(19)23)6-2-1-3-11(14)22/h4-5,7-8H,1-3,6H2,(H2,19,23). The molecule has 0 spiro atoms. The normalized spacial score (nSPS) is 22.5. The molecule has 23 heavy (non-hydrogen) atoms. The number of halogens is 3. The van der Waals surface area contributed by atoms with Crippen molar-refractivity contribution in [2.45, 2.75) is 37.3 Å². The number of ketones is 1. The molecule has 0 aliphatic heterocycles. The van der Waals surface area contributed by atoms with Crippen LogP contribution in [-0.2, 0) is 16.4 Å². The lowest BCUT2D eigenvalue weighted by Crippen LogP contribution is -2.48. The third-order valence-corrected chi connectivity index (χ3v) is 4.68. The third-order valence-electron chi connectivity index (χ3n) is 4.34. The fourth-order valence-electron chi connectivity index (χ4n) is 3.12. The van der Waals surface area contributed by atoms with Gasteiger partial charge in [-0.05, 0) is 24.5 Å². The van der Waals surface area contributed by atoms with Crippen LogP contribution in [0.1, 0.15) is 36.9 Å². The monoisotopic (exact) mass is 341 g/mol. The lowest BCUT2D eigenvalue weighted by atomic mass is 9.69. The van der Waals surface area contributed by atoms with Crippen LogP contribution in [0.5, 0.6) is 0 Å². The Morgan fingerprint density at radius 3 is 2.65 bits per heavy atom. The van der Waals surface area contributed by atoms with Gasteiger partial charge >= 0.3 is 6.18 Å². The van der Waals surface area contributed by atoms with Gasteiger partial charge in [-0.3, -0.25) is 4.79 Å². The molecule has 1 atom stereocenters. The van der Waals surface area contributed by atoms with E-state index in [4.69, 9.17) is 18.0 Å². The Morgan fingerprint density at radius 2 is 2.04 bits per heavy atom. The largest absolute Gasteiger partial charge is 0.434 e. The predicted octanol–water partition coefficient (Wildman–Crippen LogP) is 3.02. The fraction of sp³-hybridized carbons (Fsp3) is 0.400. The molecular formula is C15H14F3N3OS. The van der Waals surface area contributed by atoms with E-state index < -0.39 is 17.3 Å².